The van der Waals surface area contributed by atoms with Crippen molar-refractivity contribution < 1.29 is 48.5 Å². The first-order valence-electron chi connectivity index (χ1n) is 32.0. The van der Waals surface area contributed by atoms with Gasteiger partial charge < -0.3 is 18.3 Å². The Hall–Kier alpha value is -9.87. The molecule has 5 heterocycles. The molecule has 0 amide bonds. The fraction of sp³-hybridized carbons (Fsp3) is 0.0526. The zero-order valence-electron chi connectivity index (χ0n) is 54.8. The van der Waals surface area contributed by atoms with Gasteiger partial charge in [-0.1, -0.05) is 196 Å². The molecule has 1 aliphatic rings. The van der Waals surface area contributed by atoms with Crippen molar-refractivity contribution in [3.05, 3.63) is 273 Å². The van der Waals surface area contributed by atoms with E-state index in [1.165, 1.54) is 0 Å². The van der Waals surface area contributed by atoms with Crippen LogP contribution >= 0.6 is 0 Å². The molecule has 0 N–H and O–H groups in total. The average molecular weight is 1260 g/mol. The van der Waals surface area contributed by atoms with E-state index in [0.29, 0.717) is 78.4 Å². The molecule has 0 bridgehead atoms. The number of para-hydroxylation sites is 3. The maximum absolute atomic E-state index is 9.53. The van der Waals surface area contributed by atoms with Crippen molar-refractivity contribution in [1.82, 2.24) is 14.1 Å². The molecule has 4 aromatic heterocycles. The van der Waals surface area contributed by atoms with Crippen molar-refractivity contribution in [3.8, 4) is 95.5 Å². The van der Waals surface area contributed by atoms with Crippen LogP contribution in [-0.2, 0) is 26.5 Å². The molecule has 6 nitrogen and oxygen atoms in total. The molecule has 11 aromatic carbocycles. The quantitative estimate of drug-likeness (QED) is 0.118. The summed E-state index contributed by atoms with van der Waals surface area (Å²) < 4.78 is 110. The maximum atomic E-state index is 9.53. The molecule has 0 fully saturated rings. The van der Waals surface area contributed by atoms with Gasteiger partial charge in [-0.05, 0) is 131 Å². The van der Waals surface area contributed by atoms with Crippen LogP contribution in [0.4, 0.5) is 0 Å². The van der Waals surface area contributed by atoms with Crippen molar-refractivity contribution in [1.29, 1.82) is 0 Å². The fourth-order valence-electron chi connectivity index (χ4n) is 12.0. The van der Waals surface area contributed by atoms with Crippen LogP contribution in [0.2, 0.25) is 0 Å². The number of benzene rings is 11. The van der Waals surface area contributed by atoms with E-state index >= 15 is 0 Å². The number of fused-ring (bicyclic) bond motifs is 13. The summed E-state index contributed by atoms with van der Waals surface area (Å²) in [5.41, 5.74) is 12.2. The van der Waals surface area contributed by atoms with Crippen LogP contribution in [0.25, 0.3) is 139 Å². The fourth-order valence-corrected chi connectivity index (χ4v) is 12.0. The van der Waals surface area contributed by atoms with Crippen molar-refractivity contribution in [2.75, 3.05) is 0 Å². The number of imidazole rings is 1. The summed E-state index contributed by atoms with van der Waals surface area (Å²) in [6.45, 7) is 6.54. The van der Waals surface area contributed by atoms with E-state index in [2.05, 4.69) is 80.2 Å². The minimum Gasteiger partial charge on any atom is -0.510 e. The standard InChI is InChI=1S/C76H50N4O2.Pt/c1-76(2,3)52-39-40-77-72(44-52)80-67-33-14-12-26-59(67)60-37-36-55(46-68(60)80)81-54-24-16-23-53(45-54)78-47-79-74-57(49-21-8-5-9-22-49)30-18-32-64(74)63-31-17-29-56(48-19-6-4-7-20-48)73(63)62-28-11-10-25-58(62)66-42-51(43-69(78)75(66)79)50-35-38-71-65(41-50)61-27-13-15-34-70(61)82-71;/h4-44H,1-3H3;/q-2;/i4D,5D,6D,7D,8D,9D,19D,20D,21D,22D;. The summed E-state index contributed by atoms with van der Waals surface area (Å²) in [5, 5.41) is 3.87. The molecule has 1 aliphatic heterocycles. The topological polar surface area (TPSA) is 49.0 Å². The SMILES string of the molecule is [2H]c1c([2H])c([2H])c(-c2cccc3c2-c2ccccc2-c2cc(-c4ccc5oc6ccccc6c5c4)cc4c2[n+]([c-]n4-c2[c-]c(Oc4[c-]c5c(cc4)c4ccccc4n5-c4cc(C(C)(C)C)ccn4)ccc2)-c2c-3cccc2-c2c([2H])c([2H])c([2H])c([2H])c2[2H])c([2H])c1[2H].[Pt]. The number of rotatable bonds is 7. The Labute approximate surface area is 509 Å². The van der Waals surface area contributed by atoms with Gasteiger partial charge in [0.2, 0.25) is 0 Å². The molecule has 83 heavy (non-hydrogen) atoms. The molecular weight excluding hydrogens is 1200 g/mol. The second kappa shape index (κ2) is 19.7. The van der Waals surface area contributed by atoms with Gasteiger partial charge >= 0.3 is 0 Å². The van der Waals surface area contributed by atoms with Crippen LogP contribution < -0.4 is 9.30 Å². The maximum Gasteiger partial charge on any atom is 0.268 e. The van der Waals surface area contributed by atoms with Gasteiger partial charge in [-0.3, -0.25) is 4.57 Å². The number of hydrogen-bond acceptors (Lipinski definition) is 3. The van der Waals surface area contributed by atoms with Crippen LogP contribution in [0, 0.1) is 18.5 Å². The monoisotopic (exact) mass is 1260 g/mol. The molecule has 0 saturated carbocycles. The van der Waals surface area contributed by atoms with Gasteiger partial charge in [-0.15, -0.1) is 29.7 Å². The summed E-state index contributed by atoms with van der Waals surface area (Å²) in [5.74, 6) is 1.55. The summed E-state index contributed by atoms with van der Waals surface area (Å²) in [7, 11) is 0. The van der Waals surface area contributed by atoms with Gasteiger partial charge in [0, 0.05) is 55.1 Å². The Bertz CT molecular complexity index is 5650. The van der Waals surface area contributed by atoms with Crippen LogP contribution in [-0.4, -0.2) is 14.1 Å². The third-order valence-corrected chi connectivity index (χ3v) is 15.7. The third kappa shape index (κ3) is 8.27. The molecule has 15 aromatic rings. The van der Waals surface area contributed by atoms with Gasteiger partial charge in [-0.25, -0.2) is 4.98 Å². The van der Waals surface area contributed by atoms with Gasteiger partial charge in [0.15, 0.2) is 0 Å². The second-order valence-electron chi connectivity index (χ2n) is 21.5. The summed E-state index contributed by atoms with van der Waals surface area (Å²) >= 11 is 0. The van der Waals surface area contributed by atoms with Crippen LogP contribution in [0.5, 0.6) is 11.5 Å². The Balaban J connectivity index is 0.00000716. The number of pyridine rings is 1. The Morgan fingerprint density at radius 2 is 1.18 bits per heavy atom. The number of nitrogens with zero attached hydrogens (tertiary/aromatic N) is 4. The zero-order chi connectivity index (χ0) is 63.3. The first-order chi connectivity index (χ1) is 44.4. The van der Waals surface area contributed by atoms with Crippen LogP contribution in [0.1, 0.15) is 40.0 Å². The van der Waals surface area contributed by atoms with Crippen molar-refractivity contribution in [2.45, 2.75) is 26.2 Å². The molecule has 0 aliphatic carbocycles. The van der Waals surface area contributed by atoms with Crippen molar-refractivity contribution in [3.63, 3.8) is 0 Å². The Morgan fingerprint density at radius 1 is 0.506 bits per heavy atom. The molecule has 0 saturated heterocycles. The van der Waals surface area contributed by atoms with E-state index in [9.17, 15) is 5.48 Å². The van der Waals surface area contributed by atoms with Crippen molar-refractivity contribution in [2.24, 2.45) is 0 Å². The number of furan rings is 1. The van der Waals surface area contributed by atoms with Gasteiger partial charge in [-0.2, -0.15) is 18.2 Å². The molecule has 16 rings (SSSR count). The van der Waals surface area contributed by atoms with Gasteiger partial charge in [0.1, 0.15) is 17.0 Å². The smallest absolute Gasteiger partial charge is 0.268 e. The largest absolute Gasteiger partial charge is 0.510 e. The number of hydrogen-bond donors (Lipinski definition) is 0. The number of aromatic nitrogens is 4. The van der Waals surface area contributed by atoms with Crippen LogP contribution in [0.3, 0.4) is 0 Å². The first-order valence-corrected chi connectivity index (χ1v) is 27.0. The second-order valence-corrected chi connectivity index (χ2v) is 21.5. The van der Waals surface area contributed by atoms with E-state index < -0.39 is 48.3 Å². The van der Waals surface area contributed by atoms with Gasteiger partial charge in [0.25, 0.3) is 6.33 Å². The minimum atomic E-state index is -0.545. The Morgan fingerprint density at radius 3 is 2.00 bits per heavy atom. The summed E-state index contributed by atoms with van der Waals surface area (Å²) in [6.07, 6.45) is 5.61. The molecule has 0 unspecified atom stereocenters. The van der Waals surface area contributed by atoms with E-state index in [1.54, 1.807) is 24.3 Å². The van der Waals surface area contributed by atoms with Gasteiger partial charge in [0.05, 0.1) is 30.4 Å². The molecule has 0 spiro atoms. The van der Waals surface area contributed by atoms with E-state index in [1.807, 2.05) is 137 Å². The summed E-state index contributed by atoms with van der Waals surface area (Å²) in [6, 6.07) is 61.3. The predicted octanol–water partition coefficient (Wildman–Crippen LogP) is 19.1. The molecular formula is C76H50N4O2Pt-2. The third-order valence-electron chi connectivity index (χ3n) is 15.7. The first kappa shape index (κ1) is 40.3. The van der Waals surface area contributed by atoms with Crippen molar-refractivity contribution >= 4 is 54.8 Å². The van der Waals surface area contributed by atoms with E-state index in [0.717, 1.165) is 60.7 Å². The Kier molecular flexibility index (Phi) is 9.57. The molecule has 0 atom stereocenters. The minimum absolute atomic E-state index is 0. The normalized spacial score (nSPS) is 13.6. The molecule has 398 valence electrons. The average Bonchev–Trinajstić information content (AvgIpc) is 1.61. The van der Waals surface area contributed by atoms with E-state index in [-0.39, 0.29) is 55.3 Å². The van der Waals surface area contributed by atoms with Crippen LogP contribution in [0.15, 0.2) is 253 Å². The summed E-state index contributed by atoms with van der Waals surface area (Å²) in [4.78, 5) is 4.88. The predicted molar refractivity (Wildman–Crippen MR) is 332 cm³/mol. The zero-order valence-corrected chi connectivity index (χ0v) is 47.1. The molecule has 0 radical (unpaired) electrons. The van der Waals surface area contributed by atoms with E-state index in [4.69, 9.17) is 22.4 Å². The number of ether oxygens (including phenoxy) is 1. The molecule has 7 heteroatoms.